The molecule has 1 amide bonds. The number of hydrogen-bond donors (Lipinski definition) is 1. The lowest BCUT2D eigenvalue weighted by Gasteiger charge is -2.22. The molecule has 0 saturated heterocycles. The number of nitrogens with zero attached hydrogens (tertiary/aromatic N) is 1. The van der Waals surface area contributed by atoms with Gasteiger partial charge in [0.25, 0.3) is 0 Å². The van der Waals surface area contributed by atoms with Crippen molar-refractivity contribution in [3.63, 3.8) is 0 Å². The summed E-state index contributed by atoms with van der Waals surface area (Å²) in [5, 5.41) is 2.93. The second-order valence-corrected chi connectivity index (χ2v) is 15.9. The van der Waals surface area contributed by atoms with Crippen LogP contribution in [0.1, 0.15) is 240 Å². The lowest BCUT2D eigenvalue weighted by Crippen LogP contribution is -2.30. The highest BCUT2D eigenvalue weighted by atomic mass is 16.5. The van der Waals surface area contributed by atoms with Gasteiger partial charge in [-0.05, 0) is 83.8 Å². The van der Waals surface area contributed by atoms with Crippen molar-refractivity contribution in [1.82, 2.24) is 10.2 Å². The molecule has 0 atom stereocenters. The van der Waals surface area contributed by atoms with Crippen molar-refractivity contribution in [3.8, 4) is 0 Å². The average Bonchev–Trinajstić information content (AvgIpc) is 3.14. The lowest BCUT2D eigenvalue weighted by molar-refractivity contribution is -0.150. The van der Waals surface area contributed by atoms with E-state index in [1.165, 1.54) is 128 Å². The minimum absolute atomic E-state index is 0.0146. The van der Waals surface area contributed by atoms with Gasteiger partial charge in [0.15, 0.2) is 0 Å². The number of amides is 1. The standard InChI is InChI=1S/C46H90N2O5/c1-5-8-11-14-19-26-34-44(35-27-20-15-12-9-6-2)53-46(51)37-29-22-18-24-31-40-48(41-33-38-47-43(4)49)39-30-23-17-21-28-36-45(50)52-42-32-25-16-13-10-7-3/h44H,5-42H2,1-4H3,(H,47,49). The van der Waals surface area contributed by atoms with Gasteiger partial charge < -0.3 is 19.7 Å². The molecule has 0 aromatic heterocycles. The maximum absolute atomic E-state index is 12.8. The Balaban J connectivity index is 4.24. The maximum atomic E-state index is 12.8. The number of unbranched alkanes of at least 4 members (excludes halogenated alkanes) is 23. The molecule has 0 bridgehead atoms. The van der Waals surface area contributed by atoms with Gasteiger partial charge in [-0.2, -0.15) is 0 Å². The van der Waals surface area contributed by atoms with Gasteiger partial charge in [-0.1, -0.05) is 156 Å². The Morgan fingerprint density at radius 1 is 0.472 bits per heavy atom. The van der Waals surface area contributed by atoms with E-state index in [0.29, 0.717) is 19.4 Å². The van der Waals surface area contributed by atoms with Gasteiger partial charge in [-0.3, -0.25) is 14.4 Å². The van der Waals surface area contributed by atoms with E-state index in [2.05, 4.69) is 31.0 Å². The van der Waals surface area contributed by atoms with E-state index in [4.69, 9.17) is 9.47 Å². The Bertz CT molecular complexity index is 791. The van der Waals surface area contributed by atoms with E-state index >= 15 is 0 Å². The summed E-state index contributed by atoms with van der Waals surface area (Å²) in [7, 11) is 0. The highest BCUT2D eigenvalue weighted by Crippen LogP contribution is 2.18. The molecule has 0 aromatic rings. The maximum Gasteiger partial charge on any atom is 0.306 e. The summed E-state index contributed by atoms with van der Waals surface area (Å²) in [6, 6.07) is 0. The first-order valence-electron chi connectivity index (χ1n) is 23.2. The largest absolute Gasteiger partial charge is 0.466 e. The van der Waals surface area contributed by atoms with Crippen molar-refractivity contribution >= 4 is 17.8 Å². The van der Waals surface area contributed by atoms with E-state index in [1.807, 2.05) is 0 Å². The van der Waals surface area contributed by atoms with Crippen LogP contribution in [0.2, 0.25) is 0 Å². The van der Waals surface area contributed by atoms with Gasteiger partial charge in [-0.15, -0.1) is 0 Å². The van der Waals surface area contributed by atoms with Gasteiger partial charge in [0, 0.05) is 26.3 Å². The molecule has 0 spiro atoms. The molecule has 0 aliphatic carbocycles. The minimum Gasteiger partial charge on any atom is -0.466 e. The van der Waals surface area contributed by atoms with Crippen molar-refractivity contribution in [3.05, 3.63) is 0 Å². The lowest BCUT2D eigenvalue weighted by atomic mass is 10.0. The smallest absolute Gasteiger partial charge is 0.306 e. The Hall–Kier alpha value is -1.63. The summed E-state index contributed by atoms with van der Waals surface area (Å²) in [5.74, 6) is 0.0219. The van der Waals surface area contributed by atoms with Gasteiger partial charge in [0.1, 0.15) is 6.10 Å². The molecule has 7 nitrogen and oxygen atoms in total. The number of esters is 2. The van der Waals surface area contributed by atoms with Crippen LogP contribution in [0.4, 0.5) is 0 Å². The summed E-state index contributed by atoms with van der Waals surface area (Å²) < 4.78 is 11.5. The summed E-state index contributed by atoms with van der Waals surface area (Å²) in [6.07, 6.45) is 37.9. The number of rotatable bonds is 42. The van der Waals surface area contributed by atoms with E-state index in [0.717, 1.165) is 96.8 Å². The molecule has 0 radical (unpaired) electrons. The highest BCUT2D eigenvalue weighted by Gasteiger charge is 2.14. The van der Waals surface area contributed by atoms with Crippen molar-refractivity contribution < 1.29 is 23.9 Å². The summed E-state index contributed by atoms with van der Waals surface area (Å²) in [4.78, 5) is 38.7. The second-order valence-electron chi connectivity index (χ2n) is 15.9. The Morgan fingerprint density at radius 3 is 1.36 bits per heavy atom. The zero-order chi connectivity index (χ0) is 38.9. The fourth-order valence-electron chi connectivity index (χ4n) is 7.12. The molecule has 0 aliphatic rings. The number of carbonyl (C=O) groups is 3. The highest BCUT2D eigenvalue weighted by molar-refractivity contribution is 5.72. The summed E-state index contributed by atoms with van der Waals surface area (Å²) in [6.45, 7) is 12.8. The monoisotopic (exact) mass is 751 g/mol. The molecular formula is C46H90N2O5. The fraction of sp³-hybridized carbons (Fsp3) is 0.935. The molecule has 0 rings (SSSR count). The van der Waals surface area contributed by atoms with Crippen LogP contribution in [-0.2, 0) is 23.9 Å². The van der Waals surface area contributed by atoms with Crippen molar-refractivity contribution in [2.75, 3.05) is 32.8 Å². The average molecular weight is 751 g/mol. The number of hydrogen-bond acceptors (Lipinski definition) is 6. The Kier molecular flexibility index (Phi) is 40.3. The van der Waals surface area contributed by atoms with Crippen LogP contribution in [0.3, 0.4) is 0 Å². The quantitative estimate of drug-likeness (QED) is 0.0494. The van der Waals surface area contributed by atoms with Crippen LogP contribution in [0.15, 0.2) is 0 Å². The third-order valence-electron chi connectivity index (χ3n) is 10.6. The topological polar surface area (TPSA) is 84.9 Å². The Morgan fingerprint density at radius 2 is 0.868 bits per heavy atom. The number of nitrogens with one attached hydrogen (secondary N) is 1. The molecule has 0 unspecified atom stereocenters. The molecule has 0 heterocycles. The second kappa shape index (κ2) is 41.5. The van der Waals surface area contributed by atoms with Crippen LogP contribution >= 0.6 is 0 Å². The van der Waals surface area contributed by atoms with E-state index in [9.17, 15) is 14.4 Å². The van der Waals surface area contributed by atoms with Crippen molar-refractivity contribution in [1.29, 1.82) is 0 Å². The van der Waals surface area contributed by atoms with Gasteiger partial charge in [0.05, 0.1) is 6.61 Å². The normalized spacial score (nSPS) is 11.4. The number of ether oxygens (including phenoxy) is 2. The number of carbonyl (C=O) groups excluding carboxylic acids is 3. The molecule has 0 saturated carbocycles. The summed E-state index contributed by atoms with van der Waals surface area (Å²) >= 11 is 0. The predicted octanol–water partition coefficient (Wildman–Crippen LogP) is 12.8. The van der Waals surface area contributed by atoms with Gasteiger partial charge in [0.2, 0.25) is 5.91 Å². The van der Waals surface area contributed by atoms with Crippen molar-refractivity contribution in [2.45, 2.75) is 246 Å². The molecule has 1 N–H and O–H groups in total. The van der Waals surface area contributed by atoms with Gasteiger partial charge >= 0.3 is 11.9 Å². The molecule has 314 valence electrons. The van der Waals surface area contributed by atoms with Crippen LogP contribution in [-0.4, -0.2) is 61.6 Å². The minimum atomic E-state index is -0.0323. The van der Waals surface area contributed by atoms with E-state index in [1.54, 1.807) is 6.92 Å². The third-order valence-corrected chi connectivity index (χ3v) is 10.6. The molecule has 0 aliphatic heterocycles. The van der Waals surface area contributed by atoms with Crippen molar-refractivity contribution in [2.24, 2.45) is 0 Å². The van der Waals surface area contributed by atoms with Crippen LogP contribution in [0.5, 0.6) is 0 Å². The fourth-order valence-corrected chi connectivity index (χ4v) is 7.12. The van der Waals surface area contributed by atoms with Crippen LogP contribution in [0.25, 0.3) is 0 Å². The molecule has 0 aromatic carbocycles. The molecular weight excluding hydrogens is 661 g/mol. The third kappa shape index (κ3) is 39.9. The van der Waals surface area contributed by atoms with Crippen LogP contribution < -0.4 is 5.32 Å². The van der Waals surface area contributed by atoms with E-state index < -0.39 is 0 Å². The van der Waals surface area contributed by atoms with E-state index in [-0.39, 0.29) is 23.9 Å². The van der Waals surface area contributed by atoms with Crippen LogP contribution in [0, 0.1) is 0 Å². The Labute approximate surface area is 329 Å². The molecule has 53 heavy (non-hydrogen) atoms. The molecule has 7 heteroatoms. The zero-order valence-corrected chi connectivity index (χ0v) is 35.9. The summed E-state index contributed by atoms with van der Waals surface area (Å²) in [5.41, 5.74) is 0. The first-order chi connectivity index (χ1) is 25.9. The SMILES string of the molecule is CCCCCCCCOC(=O)CCCCCCCN(CCCCCCCC(=O)OC(CCCCCCCC)CCCCCCCC)CCCNC(C)=O. The first-order valence-corrected chi connectivity index (χ1v) is 23.2. The first kappa shape index (κ1) is 51.4. The predicted molar refractivity (Wildman–Crippen MR) is 225 cm³/mol. The molecule has 0 fully saturated rings. The zero-order valence-electron chi connectivity index (χ0n) is 35.9. The van der Waals surface area contributed by atoms with Gasteiger partial charge in [-0.25, -0.2) is 0 Å².